The van der Waals surface area contributed by atoms with Gasteiger partial charge in [0.15, 0.2) is 0 Å². The molecule has 150 valence electrons. The molecule has 1 saturated heterocycles. The lowest BCUT2D eigenvalue weighted by atomic mass is 9.96. The lowest BCUT2D eigenvalue weighted by molar-refractivity contribution is 0.122. The van der Waals surface area contributed by atoms with Gasteiger partial charge < -0.3 is 20.2 Å². The number of hydrogen-bond donors (Lipinski definition) is 2. The lowest BCUT2D eigenvalue weighted by Gasteiger charge is -2.37. The molecule has 2 fully saturated rings. The van der Waals surface area contributed by atoms with E-state index >= 15 is 0 Å². The largest absolute Gasteiger partial charge is 0.395 e. The summed E-state index contributed by atoms with van der Waals surface area (Å²) in [6, 6.07) is 6.72. The average Bonchev–Trinajstić information content (AvgIpc) is 3.22. The van der Waals surface area contributed by atoms with E-state index in [-0.39, 0.29) is 25.0 Å². The maximum atomic E-state index is 13.1. The van der Waals surface area contributed by atoms with Crippen LogP contribution in [-0.4, -0.2) is 59.8 Å². The van der Waals surface area contributed by atoms with Gasteiger partial charge in [-0.3, -0.25) is 0 Å². The Morgan fingerprint density at radius 2 is 1.93 bits per heavy atom. The van der Waals surface area contributed by atoms with Crippen LogP contribution in [0.5, 0.6) is 0 Å². The number of benzene rings is 1. The van der Waals surface area contributed by atoms with Crippen molar-refractivity contribution >= 4 is 6.03 Å². The predicted octanol–water partition coefficient (Wildman–Crippen LogP) is 2.98. The van der Waals surface area contributed by atoms with Crippen LogP contribution in [0.1, 0.15) is 44.1 Å². The Morgan fingerprint density at radius 3 is 2.63 bits per heavy atom. The zero-order valence-electron chi connectivity index (χ0n) is 16.1. The summed E-state index contributed by atoms with van der Waals surface area (Å²) >= 11 is 0. The Labute approximate surface area is 161 Å². The first-order chi connectivity index (χ1) is 13.2. The van der Waals surface area contributed by atoms with Gasteiger partial charge in [-0.25, -0.2) is 9.18 Å². The van der Waals surface area contributed by atoms with Crippen LogP contribution in [0.15, 0.2) is 24.3 Å². The molecule has 1 unspecified atom stereocenters. The zero-order chi connectivity index (χ0) is 19.1. The monoisotopic (exact) mass is 377 g/mol. The highest BCUT2D eigenvalue weighted by atomic mass is 19.1. The van der Waals surface area contributed by atoms with Crippen molar-refractivity contribution in [3.63, 3.8) is 0 Å². The topological polar surface area (TPSA) is 55.8 Å². The van der Waals surface area contributed by atoms with Gasteiger partial charge >= 0.3 is 6.03 Å². The molecule has 3 rings (SSSR count). The van der Waals surface area contributed by atoms with Crippen LogP contribution in [0, 0.1) is 11.7 Å². The third-order valence-corrected chi connectivity index (χ3v) is 5.88. The number of piperidine rings is 1. The van der Waals surface area contributed by atoms with Crippen LogP contribution < -0.4 is 5.32 Å². The summed E-state index contributed by atoms with van der Waals surface area (Å²) in [5.41, 5.74) is 0.852. The molecule has 1 aliphatic heterocycles. The fourth-order valence-corrected chi connectivity index (χ4v) is 4.39. The van der Waals surface area contributed by atoms with Crippen LogP contribution in [0.4, 0.5) is 9.18 Å². The Hall–Kier alpha value is -1.66. The van der Waals surface area contributed by atoms with E-state index in [4.69, 9.17) is 0 Å². The van der Waals surface area contributed by atoms with Crippen molar-refractivity contribution in [3.8, 4) is 0 Å². The predicted molar refractivity (Wildman–Crippen MR) is 104 cm³/mol. The Kier molecular flexibility index (Phi) is 7.47. The maximum Gasteiger partial charge on any atom is 0.317 e. The van der Waals surface area contributed by atoms with Crippen molar-refractivity contribution in [1.82, 2.24) is 15.1 Å². The van der Waals surface area contributed by atoms with Gasteiger partial charge in [-0.1, -0.05) is 25.0 Å². The molecule has 1 atom stereocenters. The number of nitrogens with zero attached hydrogens (tertiary/aromatic N) is 2. The zero-order valence-corrected chi connectivity index (χ0v) is 16.1. The van der Waals surface area contributed by atoms with E-state index in [2.05, 4.69) is 10.2 Å². The highest BCUT2D eigenvalue weighted by Crippen LogP contribution is 2.27. The number of carbonyl (C=O) groups excluding carboxylic acids is 1. The number of halogens is 1. The summed E-state index contributed by atoms with van der Waals surface area (Å²) < 4.78 is 13.1. The second-order valence-electron chi connectivity index (χ2n) is 7.90. The summed E-state index contributed by atoms with van der Waals surface area (Å²) in [5, 5.41) is 12.3. The van der Waals surface area contributed by atoms with Crippen molar-refractivity contribution in [2.75, 3.05) is 32.8 Å². The molecular weight excluding hydrogens is 345 g/mol. The molecule has 0 spiro atoms. The number of aliphatic hydroxyl groups excluding tert-OH is 1. The second kappa shape index (κ2) is 10.0. The van der Waals surface area contributed by atoms with Crippen molar-refractivity contribution in [3.05, 3.63) is 35.6 Å². The van der Waals surface area contributed by atoms with Gasteiger partial charge in [-0.2, -0.15) is 0 Å². The van der Waals surface area contributed by atoms with Crippen LogP contribution >= 0.6 is 0 Å². The summed E-state index contributed by atoms with van der Waals surface area (Å²) in [6.45, 7) is 3.48. The quantitative estimate of drug-likeness (QED) is 0.768. The molecule has 2 aliphatic rings. The Balaban J connectivity index is 1.48. The third kappa shape index (κ3) is 5.91. The van der Waals surface area contributed by atoms with Crippen molar-refractivity contribution < 1.29 is 14.3 Å². The van der Waals surface area contributed by atoms with Crippen LogP contribution in [0.2, 0.25) is 0 Å². The molecule has 2 amide bonds. The first kappa shape index (κ1) is 20.1. The molecule has 2 N–H and O–H groups in total. The molecule has 0 radical (unpaired) electrons. The van der Waals surface area contributed by atoms with E-state index in [0.717, 1.165) is 24.6 Å². The minimum Gasteiger partial charge on any atom is -0.395 e. The SMILES string of the molecule is O=C(NCC1CCCN(C2CCCC2)C1)N(CCO)Cc1ccc(F)cc1. The minimum absolute atomic E-state index is 0.0898. The summed E-state index contributed by atoms with van der Waals surface area (Å²) in [5.74, 6) is 0.200. The van der Waals surface area contributed by atoms with Gasteiger partial charge in [0.25, 0.3) is 0 Å². The molecule has 5 nitrogen and oxygen atoms in total. The van der Waals surface area contributed by atoms with Gasteiger partial charge in [0.05, 0.1) is 6.61 Å². The van der Waals surface area contributed by atoms with E-state index < -0.39 is 0 Å². The summed E-state index contributed by atoms with van der Waals surface area (Å²) in [6.07, 6.45) is 7.70. The van der Waals surface area contributed by atoms with Gasteiger partial charge in [0, 0.05) is 32.2 Å². The fraction of sp³-hybridized carbons (Fsp3) is 0.667. The number of hydrogen-bond acceptors (Lipinski definition) is 3. The number of nitrogens with one attached hydrogen (secondary N) is 1. The number of rotatable bonds is 7. The third-order valence-electron chi connectivity index (χ3n) is 5.88. The molecule has 27 heavy (non-hydrogen) atoms. The van der Waals surface area contributed by atoms with E-state index in [1.807, 2.05) is 0 Å². The molecule has 6 heteroatoms. The summed E-state index contributed by atoms with van der Waals surface area (Å²) in [4.78, 5) is 16.8. The number of carbonyl (C=O) groups is 1. The van der Waals surface area contributed by atoms with Gasteiger partial charge in [0.2, 0.25) is 0 Å². The number of aliphatic hydroxyl groups is 1. The van der Waals surface area contributed by atoms with Crippen LogP contribution in [0.25, 0.3) is 0 Å². The van der Waals surface area contributed by atoms with E-state index in [9.17, 15) is 14.3 Å². The van der Waals surface area contributed by atoms with Crippen molar-refractivity contribution in [1.29, 1.82) is 0 Å². The second-order valence-corrected chi connectivity index (χ2v) is 7.90. The first-order valence-electron chi connectivity index (χ1n) is 10.3. The van der Waals surface area contributed by atoms with Crippen LogP contribution in [-0.2, 0) is 6.54 Å². The first-order valence-corrected chi connectivity index (χ1v) is 10.3. The Morgan fingerprint density at radius 1 is 1.19 bits per heavy atom. The van der Waals surface area contributed by atoms with Crippen LogP contribution in [0.3, 0.4) is 0 Å². The van der Waals surface area contributed by atoms with E-state index in [0.29, 0.717) is 19.0 Å². The van der Waals surface area contributed by atoms with Crippen molar-refractivity contribution in [2.24, 2.45) is 5.92 Å². The van der Waals surface area contributed by atoms with Crippen molar-refractivity contribution in [2.45, 2.75) is 51.1 Å². The molecule has 0 aromatic heterocycles. The molecule has 1 heterocycles. The highest BCUT2D eigenvalue weighted by molar-refractivity contribution is 5.74. The van der Waals surface area contributed by atoms with Gasteiger partial charge in [0.1, 0.15) is 5.82 Å². The lowest BCUT2D eigenvalue weighted by Crippen LogP contribution is -2.47. The smallest absolute Gasteiger partial charge is 0.317 e. The molecule has 1 aliphatic carbocycles. The molecule has 1 saturated carbocycles. The summed E-state index contributed by atoms with van der Waals surface area (Å²) in [7, 11) is 0. The number of urea groups is 1. The average molecular weight is 378 g/mol. The standard InChI is InChI=1S/C21H32FN3O2/c22-19-9-7-17(8-10-19)15-25(12-13-26)21(27)23-14-18-4-3-11-24(16-18)20-5-1-2-6-20/h7-10,18,20,26H,1-6,11-16H2,(H,23,27). The maximum absolute atomic E-state index is 13.1. The molecule has 0 bridgehead atoms. The van der Waals surface area contributed by atoms with E-state index in [1.54, 1.807) is 17.0 Å². The highest BCUT2D eigenvalue weighted by Gasteiger charge is 2.28. The molecule has 1 aromatic rings. The minimum atomic E-state index is -0.291. The molecule has 1 aromatic carbocycles. The Bertz CT molecular complexity index is 590. The number of likely N-dealkylation sites (tertiary alicyclic amines) is 1. The normalized spacial score (nSPS) is 21.3. The van der Waals surface area contributed by atoms with Gasteiger partial charge in [-0.05, 0) is 55.8 Å². The fourth-order valence-electron chi connectivity index (χ4n) is 4.39. The molecular formula is C21H32FN3O2. The van der Waals surface area contributed by atoms with E-state index in [1.165, 1.54) is 50.8 Å². The number of amides is 2. The van der Waals surface area contributed by atoms with Gasteiger partial charge in [-0.15, -0.1) is 0 Å².